The molecule has 16 heteroatoms. The van der Waals surface area contributed by atoms with Gasteiger partial charge >= 0.3 is 12.3 Å². The molecule has 3 amide bonds. The molecule has 2 aromatic heterocycles. The number of hydrogen-bond donors (Lipinski definition) is 5. The maximum absolute atomic E-state index is 13.9. The van der Waals surface area contributed by atoms with Crippen LogP contribution in [0.15, 0.2) is 47.4 Å². The molecule has 2 heterocycles. The second-order valence-electron chi connectivity index (χ2n) is 8.12. The summed E-state index contributed by atoms with van der Waals surface area (Å²) in [6.45, 7) is -1.90. The standard InChI is InChI=1S/C23H22F4N6O6/c24-12-8-15-19(16(9-12)39-11-23(25,26)27)32-18(29-15)10-33-7-3-5-14(21(33)36)30-20(35)13(31-22(37)38)4-1-2-6-17(28)34/h2-3,5-9,13,31H,1,4,10-11H2,(H2,28,34)(H,29,32)(H,30,35)(H,37,38)/b6-2+/t13-/m0/s1. The number of rotatable bonds is 11. The number of H-pyrrole nitrogens is 1. The maximum Gasteiger partial charge on any atom is 0.422 e. The molecule has 0 spiro atoms. The summed E-state index contributed by atoms with van der Waals surface area (Å²) in [6.07, 6.45) is -2.30. The zero-order chi connectivity index (χ0) is 28.7. The molecule has 6 N–H and O–H groups in total. The number of alkyl halides is 3. The summed E-state index contributed by atoms with van der Waals surface area (Å²) >= 11 is 0. The van der Waals surface area contributed by atoms with Gasteiger partial charge in [0.1, 0.15) is 28.9 Å². The zero-order valence-electron chi connectivity index (χ0n) is 19.9. The van der Waals surface area contributed by atoms with Crippen LogP contribution in [0.4, 0.5) is 28.0 Å². The Hall–Kier alpha value is -4.89. The molecule has 0 radical (unpaired) electrons. The van der Waals surface area contributed by atoms with Gasteiger partial charge in [-0.25, -0.2) is 14.2 Å². The van der Waals surface area contributed by atoms with Gasteiger partial charge in [0.2, 0.25) is 11.8 Å². The Bertz CT molecular complexity index is 1470. The number of nitrogens with zero attached hydrogens (tertiary/aromatic N) is 2. The maximum atomic E-state index is 13.9. The second-order valence-corrected chi connectivity index (χ2v) is 8.12. The van der Waals surface area contributed by atoms with Crippen molar-refractivity contribution in [1.29, 1.82) is 0 Å². The Morgan fingerprint density at radius 2 is 2.03 bits per heavy atom. The predicted molar refractivity (Wildman–Crippen MR) is 129 cm³/mol. The molecule has 3 rings (SSSR count). The van der Waals surface area contributed by atoms with E-state index in [2.05, 4.69) is 20.0 Å². The number of amides is 3. The minimum absolute atomic E-state index is 0.0349. The van der Waals surface area contributed by atoms with Gasteiger partial charge in [0.05, 0.1) is 12.1 Å². The number of aromatic amines is 1. The fourth-order valence-electron chi connectivity index (χ4n) is 3.47. The molecule has 0 aliphatic heterocycles. The van der Waals surface area contributed by atoms with Crippen molar-refractivity contribution >= 4 is 34.6 Å². The lowest BCUT2D eigenvalue weighted by molar-refractivity contribution is -0.153. The van der Waals surface area contributed by atoms with Gasteiger partial charge in [-0.1, -0.05) is 6.08 Å². The molecule has 0 saturated carbocycles. The number of anilines is 1. The summed E-state index contributed by atoms with van der Waals surface area (Å²) in [5.74, 6) is -2.80. The number of benzene rings is 1. The molecule has 3 aromatic rings. The zero-order valence-corrected chi connectivity index (χ0v) is 19.9. The number of carboxylic acid groups (broad SMARTS) is 1. The third-order valence-corrected chi connectivity index (χ3v) is 5.07. The third-order valence-electron chi connectivity index (χ3n) is 5.07. The molecule has 39 heavy (non-hydrogen) atoms. The normalized spacial score (nSPS) is 12.4. The number of pyridine rings is 1. The van der Waals surface area contributed by atoms with Crippen molar-refractivity contribution in [1.82, 2.24) is 19.9 Å². The number of primary amides is 1. The number of hydrogen-bond acceptors (Lipinski definition) is 6. The van der Waals surface area contributed by atoms with Crippen LogP contribution in [-0.2, 0) is 16.1 Å². The topological polar surface area (TPSA) is 181 Å². The van der Waals surface area contributed by atoms with Gasteiger partial charge in [-0.2, -0.15) is 13.2 Å². The number of carbonyl (C=O) groups excluding carboxylic acids is 2. The summed E-state index contributed by atoms with van der Waals surface area (Å²) in [4.78, 5) is 54.3. The molecular formula is C23H22F4N6O6. The number of nitrogens with two attached hydrogens (primary N) is 1. The number of nitrogens with one attached hydrogen (secondary N) is 3. The van der Waals surface area contributed by atoms with Gasteiger partial charge in [-0.15, -0.1) is 0 Å². The van der Waals surface area contributed by atoms with Crippen LogP contribution in [0.25, 0.3) is 11.0 Å². The highest BCUT2D eigenvalue weighted by Crippen LogP contribution is 2.27. The Labute approximate surface area is 216 Å². The SMILES string of the molecule is NC(=O)/C=C/CC[C@H](NC(=O)O)C(=O)Nc1cccn(Cc2nc3c(OCC(F)(F)F)cc(F)cc3[nH]2)c1=O. The van der Waals surface area contributed by atoms with Crippen molar-refractivity contribution in [2.75, 3.05) is 11.9 Å². The van der Waals surface area contributed by atoms with Crippen LogP contribution in [0.5, 0.6) is 5.75 Å². The molecule has 208 valence electrons. The van der Waals surface area contributed by atoms with Crippen LogP contribution in [0.3, 0.4) is 0 Å². The summed E-state index contributed by atoms with van der Waals surface area (Å²) < 4.78 is 57.4. The molecule has 1 aromatic carbocycles. The smallest absolute Gasteiger partial charge is 0.422 e. The highest BCUT2D eigenvalue weighted by atomic mass is 19.4. The third kappa shape index (κ3) is 8.31. The molecular weight excluding hydrogens is 532 g/mol. The average Bonchev–Trinajstić information content (AvgIpc) is 3.23. The average molecular weight is 554 g/mol. The molecule has 0 fully saturated rings. The second kappa shape index (κ2) is 12.1. The lowest BCUT2D eigenvalue weighted by Crippen LogP contribution is -2.44. The number of halogens is 4. The largest absolute Gasteiger partial charge is 0.482 e. The number of allylic oxidation sites excluding steroid dienone is 1. The van der Waals surface area contributed by atoms with Crippen molar-refractivity contribution in [2.45, 2.75) is 31.6 Å². The van der Waals surface area contributed by atoms with Crippen LogP contribution in [0, 0.1) is 5.82 Å². The van der Waals surface area contributed by atoms with E-state index in [4.69, 9.17) is 10.8 Å². The quantitative estimate of drug-likeness (QED) is 0.178. The van der Waals surface area contributed by atoms with E-state index in [1.54, 1.807) is 0 Å². The minimum atomic E-state index is -4.66. The number of carbonyl (C=O) groups is 3. The van der Waals surface area contributed by atoms with Crippen molar-refractivity contribution in [3.63, 3.8) is 0 Å². The van der Waals surface area contributed by atoms with Gasteiger partial charge in [-0.3, -0.25) is 14.4 Å². The van der Waals surface area contributed by atoms with Crippen LogP contribution in [0.2, 0.25) is 0 Å². The summed E-state index contributed by atoms with van der Waals surface area (Å²) in [6, 6.07) is 3.17. The molecule has 0 aliphatic rings. The van der Waals surface area contributed by atoms with Crippen LogP contribution in [0.1, 0.15) is 18.7 Å². The molecule has 0 saturated heterocycles. The summed E-state index contributed by atoms with van der Waals surface area (Å²) in [7, 11) is 0. The first-order valence-electron chi connectivity index (χ1n) is 11.2. The van der Waals surface area contributed by atoms with Crippen molar-refractivity contribution in [3.05, 3.63) is 64.6 Å². The Morgan fingerprint density at radius 3 is 2.69 bits per heavy atom. The first kappa shape index (κ1) is 28.7. The van der Waals surface area contributed by atoms with E-state index in [1.807, 2.05) is 5.32 Å². The summed E-state index contributed by atoms with van der Waals surface area (Å²) in [5, 5.41) is 13.4. The molecule has 0 unspecified atom stereocenters. The van der Waals surface area contributed by atoms with E-state index in [9.17, 15) is 36.7 Å². The number of aromatic nitrogens is 3. The van der Waals surface area contributed by atoms with Gasteiger partial charge in [0.15, 0.2) is 12.4 Å². The molecule has 0 aliphatic carbocycles. The number of imidazole rings is 1. The Kier molecular flexibility index (Phi) is 8.90. The van der Waals surface area contributed by atoms with Gasteiger partial charge in [-0.05, 0) is 37.1 Å². The first-order chi connectivity index (χ1) is 18.3. The van der Waals surface area contributed by atoms with Gasteiger partial charge in [0, 0.05) is 12.3 Å². The van der Waals surface area contributed by atoms with E-state index in [0.29, 0.717) is 0 Å². The van der Waals surface area contributed by atoms with Crippen molar-refractivity contribution in [3.8, 4) is 5.75 Å². The number of ether oxygens (including phenoxy) is 1. The van der Waals surface area contributed by atoms with E-state index in [1.165, 1.54) is 24.4 Å². The van der Waals surface area contributed by atoms with E-state index in [-0.39, 0.29) is 41.9 Å². The first-order valence-corrected chi connectivity index (χ1v) is 11.2. The molecule has 12 nitrogen and oxygen atoms in total. The van der Waals surface area contributed by atoms with Gasteiger partial charge in [0.25, 0.3) is 5.56 Å². The lowest BCUT2D eigenvalue weighted by atomic mass is 10.1. The Balaban J connectivity index is 1.79. The van der Waals surface area contributed by atoms with Crippen molar-refractivity contribution < 1.29 is 41.8 Å². The van der Waals surface area contributed by atoms with E-state index in [0.717, 1.165) is 22.8 Å². The highest BCUT2D eigenvalue weighted by molar-refractivity contribution is 5.96. The summed E-state index contributed by atoms with van der Waals surface area (Å²) in [5.41, 5.74) is 4.01. The van der Waals surface area contributed by atoms with Gasteiger partial charge < -0.3 is 35.8 Å². The monoisotopic (exact) mass is 554 g/mol. The molecule has 0 bridgehead atoms. The minimum Gasteiger partial charge on any atom is -0.482 e. The molecule has 1 atom stereocenters. The number of fused-ring (bicyclic) bond motifs is 1. The van der Waals surface area contributed by atoms with Crippen LogP contribution >= 0.6 is 0 Å². The lowest BCUT2D eigenvalue weighted by Gasteiger charge is -2.16. The fourth-order valence-corrected chi connectivity index (χ4v) is 3.47. The Morgan fingerprint density at radius 1 is 1.28 bits per heavy atom. The van der Waals surface area contributed by atoms with Crippen LogP contribution in [-0.4, -0.2) is 56.4 Å². The highest BCUT2D eigenvalue weighted by Gasteiger charge is 2.29. The fraction of sp³-hybridized carbons (Fsp3) is 0.261. The van der Waals surface area contributed by atoms with E-state index < -0.39 is 53.9 Å². The predicted octanol–water partition coefficient (Wildman–Crippen LogP) is 2.25. The van der Waals surface area contributed by atoms with Crippen LogP contribution < -0.4 is 26.7 Å². The van der Waals surface area contributed by atoms with E-state index >= 15 is 0 Å². The van der Waals surface area contributed by atoms with Crippen molar-refractivity contribution in [2.24, 2.45) is 5.73 Å².